The molecule has 3 N–H and O–H groups in total. The number of hydrogen-bond acceptors (Lipinski definition) is 2. The predicted molar refractivity (Wildman–Crippen MR) is 73.9 cm³/mol. The topological polar surface area (TPSA) is 63.3 Å². The number of carboxylic acids is 1. The molecule has 100 valence electrons. The van der Waals surface area contributed by atoms with Crippen LogP contribution in [0.2, 0.25) is 0 Å². The van der Waals surface area contributed by atoms with Crippen molar-refractivity contribution in [3.8, 4) is 0 Å². The van der Waals surface area contributed by atoms with Gasteiger partial charge in [0.15, 0.2) is 0 Å². The number of nitrogens with two attached hydrogens (primary N) is 1. The van der Waals surface area contributed by atoms with E-state index in [2.05, 4.69) is 26.8 Å². The Labute approximate surface area is 109 Å². The van der Waals surface area contributed by atoms with Gasteiger partial charge in [0.25, 0.3) is 0 Å². The number of aliphatic carboxylic acids is 1. The molecule has 1 rings (SSSR count). The lowest BCUT2D eigenvalue weighted by molar-refractivity contribution is -0.138. The van der Waals surface area contributed by atoms with Gasteiger partial charge in [-0.2, -0.15) is 0 Å². The molecule has 0 bridgehead atoms. The second-order valence-electron chi connectivity index (χ2n) is 5.79. The Kier molecular flexibility index (Phi) is 4.52. The Hall–Kier alpha value is -1.35. The Morgan fingerprint density at radius 1 is 1.39 bits per heavy atom. The number of benzene rings is 1. The highest BCUT2D eigenvalue weighted by Gasteiger charge is 2.23. The van der Waals surface area contributed by atoms with Gasteiger partial charge in [0.1, 0.15) is 0 Å². The highest BCUT2D eigenvalue weighted by molar-refractivity contribution is 5.76. The summed E-state index contributed by atoms with van der Waals surface area (Å²) in [6, 6.07) is 6.09. The first-order chi connectivity index (χ1) is 8.27. The van der Waals surface area contributed by atoms with Crippen LogP contribution in [0, 0.1) is 6.92 Å². The first-order valence-electron chi connectivity index (χ1n) is 6.31. The molecule has 0 spiro atoms. The van der Waals surface area contributed by atoms with Crippen molar-refractivity contribution in [3.05, 3.63) is 34.9 Å². The van der Waals surface area contributed by atoms with E-state index >= 15 is 0 Å². The standard InChI is InChI=1S/C15H23NO2/c1-10-5-6-11(15(2,3)4)9-13(10)12(7-8-16)14(17)18/h5-6,9,12H,7-8,16H2,1-4H3,(H,17,18). The molecule has 3 heteroatoms. The van der Waals surface area contributed by atoms with Crippen LogP contribution in [0.3, 0.4) is 0 Å². The summed E-state index contributed by atoms with van der Waals surface area (Å²) in [6.45, 7) is 8.71. The molecule has 0 saturated carbocycles. The molecular formula is C15H23NO2. The van der Waals surface area contributed by atoms with E-state index in [9.17, 15) is 9.90 Å². The molecule has 0 heterocycles. The van der Waals surface area contributed by atoms with Crippen LogP contribution < -0.4 is 5.73 Å². The molecular weight excluding hydrogens is 226 g/mol. The molecule has 0 aliphatic heterocycles. The smallest absolute Gasteiger partial charge is 0.311 e. The van der Waals surface area contributed by atoms with Crippen molar-refractivity contribution in [2.24, 2.45) is 5.73 Å². The van der Waals surface area contributed by atoms with E-state index in [4.69, 9.17) is 5.73 Å². The lowest BCUT2D eigenvalue weighted by Gasteiger charge is -2.23. The third-order valence-electron chi connectivity index (χ3n) is 3.27. The average Bonchev–Trinajstić information content (AvgIpc) is 2.25. The summed E-state index contributed by atoms with van der Waals surface area (Å²) in [7, 11) is 0. The lowest BCUT2D eigenvalue weighted by Crippen LogP contribution is -2.19. The van der Waals surface area contributed by atoms with Crippen LogP contribution in [0.4, 0.5) is 0 Å². The minimum atomic E-state index is -0.797. The van der Waals surface area contributed by atoms with Crippen LogP contribution in [-0.4, -0.2) is 17.6 Å². The van der Waals surface area contributed by atoms with Gasteiger partial charge in [-0.1, -0.05) is 39.0 Å². The first-order valence-corrected chi connectivity index (χ1v) is 6.31. The SMILES string of the molecule is Cc1ccc(C(C)(C)C)cc1C(CCN)C(=O)O. The molecule has 0 aromatic heterocycles. The number of hydrogen-bond donors (Lipinski definition) is 2. The van der Waals surface area contributed by atoms with Crippen molar-refractivity contribution in [2.75, 3.05) is 6.54 Å². The van der Waals surface area contributed by atoms with E-state index in [1.165, 1.54) is 0 Å². The van der Waals surface area contributed by atoms with Crippen molar-refractivity contribution in [2.45, 2.75) is 45.4 Å². The van der Waals surface area contributed by atoms with Gasteiger partial charge in [-0.25, -0.2) is 0 Å². The van der Waals surface area contributed by atoms with Crippen molar-refractivity contribution < 1.29 is 9.90 Å². The summed E-state index contributed by atoms with van der Waals surface area (Å²) >= 11 is 0. The van der Waals surface area contributed by atoms with Crippen LogP contribution in [0.25, 0.3) is 0 Å². The molecule has 3 nitrogen and oxygen atoms in total. The van der Waals surface area contributed by atoms with Crippen molar-refractivity contribution in [1.82, 2.24) is 0 Å². The van der Waals surface area contributed by atoms with Gasteiger partial charge < -0.3 is 10.8 Å². The molecule has 1 aromatic rings. The molecule has 1 unspecified atom stereocenters. The van der Waals surface area contributed by atoms with Gasteiger partial charge in [-0.05, 0) is 42.0 Å². The van der Waals surface area contributed by atoms with Gasteiger partial charge in [0, 0.05) is 0 Å². The quantitative estimate of drug-likeness (QED) is 0.862. The summed E-state index contributed by atoms with van der Waals surface area (Å²) in [5.41, 5.74) is 8.60. The third-order valence-corrected chi connectivity index (χ3v) is 3.27. The third kappa shape index (κ3) is 3.33. The fourth-order valence-corrected chi connectivity index (χ4v) is 2.06. The van der Waals surface area contributed by atoms with E-state index in [1.807, 2.05) is 19.1 Å². The van der Waals surface area contributed by atoms with Gasteiger partial charge in [-0.15, -0.1) is 0 Å². The Morgan fingerprint density at radius 3 is 2.44 bits per heavy atom. The van der Waals surface area contributed by atoms with Crippen molar-refractivity contribution in [1.29, 1.82) is 0 Å². The highest BCUT2D eigenvalue weighted by atomic mass is 16.4. The second kappa shape index (κ2) is 5.53. The Morgan fingerprint density at radius 2 is 2.00 bits per heavy atom. The van der Waals surface area contributed by atoms with Crippen molar-refractivity contribution in [3.63, 3.8) is 0 Å². The van der Waals surface area contributed by atoms with Gasteiger partial charge in [-0.3, -0.25) is 4.79 Å². The van der Waals surface area contributed by atoms with Crippen LogP contribution in [-0.2, 0) is 10.2 Å². The maximum absolute atomic E-state index is 11.3. The fourth-order valence-electron chi connectivity index (χ4n) is 2.06. The van der Waals surface area contributed by atoms with Gasteiger partial charge >= 0.3 is 5.97 Å². The maximum atomic E-state index is 11.3. The van der Waals surface area contributed by atoms with Crippen LogP contribution in [0.15, 0.2) is 18.2 Å². The zero-order chi connectivity index (χ0) is 13.9. The molecule has 0 amide bonds. The number of aryl methyl sites for hydroxylation is 1. The summed E-state index contributed by atoms with van der Waals surface area (Å²) in [5.74, 6) is -1.30. The van der Waals surface area contributed by atoms with Crippen LogP contribution >= 0.6 is 0 Å². The minimum Gasteiger partial charge on any atom is -0.481 e. The second-order valence-corrected chi connectivity index (χ2v) is 5.79. The summed E-state index contributed by atoms with van der Waals surface area (Å²) in [5, 5.41) is 9.32. The van der Waals surface area contributed by atoms with E-state index < -0.39 is 11.9 Å². The molecule has 0 saturated heterocycles. The maximum Gasteiger partial charge on any atom is 0.311 e. The fraction of sp³-hybridized carbons (Fsp3) is 0.533. The van der Waals surface area contributed by atoms with E-state index in [0.29, 0.717) is 13.0 Å². The Bertz CT molecular complexity index is 433. The monoisotopic (exact) mass is 249 g/mol. The van der Waals surface area contributed by atoms with Crippen LogP contribution in [0.5, 0.6) is 0 Å². The molecule has 0 fully saturated rings. The molecule has 0 aliphatic carbocycles. The van der Waals surface area contributed by atoms with Gasteiger partial charge in [0.05, 0.1) is 5.92 Å². The summed E-state index contributed by atoms with van der Waals surface area (Å²) in [4.78, 5) is 11.3. The number of carbonyl (C=O) groups is 1. The lowest BCUT2D eigenvalue weighted by atomic mass is 9.82. The number of rotatable bonds is 4. The molecule has 0 radical (unpaired) electrons. The van der Waals surface area contributed by atoms with E-state index in [-0.39, 0.29) is 5.41 Å². The Balaban J connectivity index is 3.25. The summed E-state index contributed by atoms with van der Waals surface area (Å²) in [6.07, 6.45) is 0.476. The zero-order valence-corrected chi connectivity index (χ0v) is 11.7. The molecule has 0 aliphatic rings. The minimum absolute atomic E-state index is 0.0220. The molecule has 18 heavy (non-hydrogen) atoms. The van der Waals surface area contributed by atoms with E-state index in [0.717, 1.165) is 16.7 Å². The van der Waals surface area contributed by atoms with E-state index in [1.54, 1.807) is 0 Å². The molecule has 1 aromatic carbocycles. The van der Waals surface area contributed by atoms with Crippen LogP contribution in [0.1, 0.15) is 49.8 Å². The molecule has 1 atom stereocenters. The largest absolute Gasteiger partial charge is 0.481 e. The highest BCUT2D eigenvalue weighted by Crippen LogP contribution is 2.29. The first kappa shape index (κ1) is 14.7. The van der Waals surface area contributed by atoms with Gasteiger partial charge in [0.2, 0.25) is 0 Å². The zero-order valence-electron chi connectivity index (χ0n) is 11.7. The van der Waals surface area contributed by atoms with Crippen molar-refractivity contribution >= 4 is 5.97 Å². The average molecular weight is 249 g/mol. The number of carboxylic acid groups (broad SMARTS) is 1. The summed E-state index contributed by atoms with van der Waals surface area (Å²) < 4.78 is 0. The normalized spacial score (nSPS) is 13.4. The predicted octanol–water partition coefficient (Wildman–Crippen LogP) is 2.81.